The van der Waals surface area contributed by atoms with Gasteiger partial charge in [0.2, 0.25) is 0 Å². The first-order valence-corrected chi connectivity index (χ1v) is 11.7. The van der Waals surface area contributed by atoms with Gasteiger partial charge in [-0.2, -0.15) is 0 Å². The predicted octanol–water partition coefficient (Wildman–Crippen LogP) is 5.33. The number of aliphatic hydroxyl groups excluding tert-OH is 1. The number of nitrogens with zero attached hydrogens (tertiary/aromatic N) is 2. The topological polar surface area (TPSA) is 102 Å². The number of Topliss-reactive ketones (excluding diaryl/α,β-unsaturated/α-hetero) is 1. The average Bonchev–Trinajstić information content (AvgIpc) is 3.42. The second-order valence-electron chi connectivity index (χ2n) is 8.44. The van der Waals surface area contributed by atoms with E-state index in [1.165, 1.54) is 30.2 Å². The lowest BCUT2D eigenvalue weighted by molar-refractivity contribution is -0.132. The van der Waals surface area contributed by atoms with Crippen molar-refractivity contribution in [3.8, 4) is 11.5 Å². The number of anilines is 1. The van der Waals surface area contributed by atoms with Crippen LogP contribution < -0.4 is 14.4 Å². The third-order valence-corrected chi connectivity index (χ3v) is 5.93. The molecule has 0 saturated carbocycles. The van der Waals surface area contributed by atoms with Crippen LogP contribution in [0.25, 0.3) is 5.76 Å². The first-order chi connectivity index (χ1) is 17.3. The standard InChI is InChI=1S/C27H27FN2O6/c1-4-5-6-13-35-20-12-9-18(15-21(20)34-3)24-23(25(31)17-7-10-19(28)11-8-17)26(32)27(33)30(24)22-14-16(2)36-29-22/h7-12,14-15,24,31H,4-6,13H2,1-3H3. The number of carbonyl (C=O) groups excluding carboxylic acids is 2. The number of aliphatic hydroxyl groups is 1. The van der Waals surface area contributed by atoms with Crippen LogP contribution in [-0.2, 0) is 9.59 Å². The Morgan fingerprint density at radius 3 is 2.50 bits per heavy atom. The number of ether oxygens (including phenoxy) is 2. The molecule has 1 unspecified atom stereocenters. The third kappa shape index (κ3) is 4.82. The van der Waals surface area contributed by atoms with Crippen LogP contribution in [0, 0.1) is 12.7 Å². The first-order valence-electron chi connectivity index (χ1n) is 11.7. The number of rotatable bonds is 9. The van der Waals surface area contributed by atoms with E-state index in [4.69, 9.17) is 14.0 Å². The first kappa shape index (κ1) is 25.0. The molecule has 9 heteroatoms. The number of benzene rings is 2. The Balaban J connectivity index is 1.83. The molecule has 0 bridgehead atoms. The molecule has 1 atom stereocenters. The highest BCUT2D eigenvalue weighted by Gasteiger charge is 2.48. The summed E-state index contributed by atoms with van der Waals surface area (Å²) >= 11 is 0. The molecule has 0 spiro atoms. The summed E-state index contributed by atoms with van der Waals surface area (Å²) in [6.07, 6.45) is 2.99. The van der Waals surface area contributed by atoms with Crippen molar-refractivity contribution in [2.45, 2.75) is 39.2 Å². The molecule has 1 aromatic heterocycles. The number of unbranched alkanes of at least 4 members (excludes halogenated alkanes) is 2. The van der Waals surface area contributed by atoms with Gasteiger partial charge in [0.25, 0.3) is 5.78 Å². The van der Waals surface area contributed by atoms with Gasteiger partial charge in [0.1, 0.15) is 17.3 Å². The summed E-state index contributed by atoms with van der Waals surface area (Å²) in [4.78, 5) is 27.5. The normalized spacial score (nSPS) is 17.0. The summed E-state index contributed by atoms with van der Waals surface area (Å²) in [5, 5.41) is 15.0. The molecule has 1 aliphatic rings. The van der Waals surface area contributed by atoms with Crippen molar-refractivity contribution in [2.75, 3.05) is 18.6 Å². The molecule has 1 saturated heterocycles. The largest absolute Gasteiger partial charge is 0.507 e. The van der Waals surface area contributed by atoms with Crippen LogP contribution >= 0.6 is 0 Å². The Hall–Kier alpha value is -4.14. The summed E-state index contributed by atoms with van der Waals surface area (Å²) < 4.78 is 30.0. The van der Waals surface area contributed by atoms with E-state index < -0.39 is 29.3 Å². The van der Waals surface area contributed by atoms with Gasteiger partial charge in [-0.3, -0.25) is 14.5 Å². The van der Waals surface area contributed by atoms with Gasteiger partial charge in [0.05, 0.1) is 25.3 Å². The van der Waals surface area contributed by atoms with Crippen LogP contribution in [0.5, 0.6) is 11.5 Å². The molecule has 0 radical (unpaired) electrons. The van der Waals surface area contributed by atoms with Crippen molar-refractivity contribution in [2.24, 2.45) is 0 Å². The van der Waals surface area contributed by atoms with Crippen LogP contribution in [0.2, 0.25) is 0 Å². The predicted molar refractivity (Wildman–Crippen MR) is 130 cm³/mol. The number of ketones is 1. The molecule has 0 aliphatic carbocycles. The molecule has 4 rings (SSSR count). The lowest BCUT2D eigenvalue weighted by Crippen LogP contribution is -2.29. The molecule has 8 nitrogen and oxygen atoms in total. The van der Waals surface area contributed by atoms with Gasteiger partial charge in [-0.1, -0.05) is 31.0 Å². The second kappa shape index (κ2) is 10.6. The van der Waals surface area contributed by atoms with E-state index in [0.717, 1.165) is 31.4 Å². The van der Waals surface area contributed by atoms with Crippen LogP contribution in [0.3, 0.4) is 0 Å². The molecule has 2 aromatic carbocycles. The van der Waals surface area contributed by atoms with E-state index in [2.05, 4.69) is 12.1 Å². The van der Waals surface area contributed by atoms with Gasteiger partial charge < -0.3 is 19.1 Å². The Morgan fingerprint density at radius 2 is 1.86 bits per heavy atom. The fourth-order valence-corrected chi connectivity index (χ4v) is 4.12. The lowest BCUT2D eigenvalue weighted by Gasteiger charge is -2.23. The number of carbonyl (C=O) groups is 2. The number of halogens is 1. The fraction of sp³-hybridized carbons (Fsp3) is 0.296. The maximum Gasteiger partial charge on any atom is 0.301 e. The summed E-state index contributed by atoms with van der Waals surface area (Å²) in [5.74, 6) is -1.22. The van der Waals surface area contributed by atoms with Gasteiger partial charge >= 0.3 is 5.91 Å². The molecule has 188 valence electrons. The number of aryl methyl sites for hydroxylation is 1. The average molecular weight is 495 g/mol. The molecular formula is C27H27FN2O6. The Bertz CT molecular complexity index is 1300. The van der Waals surface area contributed by atoms with E-state index in [0.29, 0.717) is 29.4 Å². The van der Waals surface area contributed by atoms with E-state index in [-0.39, 0.29) is 17.0 Å². The number of hydrogen-bond acceptors (Lipinski definition) is 7. The van der Waals surface area contributed by atoms with Gasteiger partial charge in [0, 0.05) is 11.6 Å². The SMILES string of the molecule is CCCCCOc1ccc(C2C(=C(O)c3ccc(F)cc3)C(=O)C(=O)N2c2cc(C)on2)cc1OC. The molecule has 1 aliphatic heterocycles. The number of hydrogen-bond donors (Lipinski definition) is 1. The molecule has 3 aromatic rings. The summed E-state index contributed by atoms with van der Waals surface area (Å²) in [5.41, 5.74) is 0.515. The van der Waals surface area contributed by atoms with E-state index in [1.807, 2.05) is 0 Å². The zero-order chi connectivity index (χ0) is 25.8. The van der Waals surface area contributed by atoms with Gasteiger partial charge in [0.15, 0.2) is 17.3 Å². The second-order valence-corrected chi connectivity index (χ2v) is 8.44. The monoisotopic (exact) mass is 494 g/mol. The highest BCUT2D eigenvalue weighted by atomic mass is 19.1. The van der Waals surface area contributed by atoms with Crippen molar-refractivity contribution in [1.29, 1.82) is 0 Å². The maximum atomic E-state index is 13.5. The Kier molecular flexibility index (Phi) is 7.38. The quantitative estimate of drug-likeness (QED) is 0.186. The summed E-state index contributed by atoms with van der Waals surface area (Å²) in [6.45, 7) is 4.28. The van der Waals surface area contributed by atoms with Gasteiger partial charge in [-0.05, 0) is 55.3 Å². The minimum atomic E-state index is -1.04. The van der Waals surface area contributed by atoms with Crippen molar-refractivity contribution >= 4 is 23.3 Å². The highest BCUT2D eigenvalue weighted by molar-refractivity contribution is 6.51. The number of amides is 1. The minimum absolute atomic E-state index is 0.122. The van der Waals surface area contributed by atoms with E-state index in [1.54, 1.807) is 25.1 Å². The van der Waals surface area contributed by atoms with Gasteiger partial charge in [-0.15, -0.1) is 0 Å². The summed E-state index contributed by atoms with van der Waals surface area (Å²) in [6, 6.07) is 10.5. The third-order valence-electron chi connectivity index (χ3n) is 5.93. The molecule has 1 N–H and O–H groups in total. The van der Waals surface area contributed by atoms with Crippen molar-refractivity contribution in [3.63, 3.8) is 0 Å². The fourth-order valence-electron chi connectivity index (χ4n) is 4.12. The molecule has 36 heavy (non-hydrogen) atoms. The van der Waals surface area contributed by atoms with E-state index >= 15 is 0 Å². The van der Waals surface area contributed by atoms with Crippen molar-refractivity contribution in [3.05, 3.63) is 76.8 Å². The Labute approximate surface area is 207 Å². The highest BCUT2D eigenvalue weighted by Crippen LogP contribution is 2.44. The molecule has 1 amide bonds. The van der Waals surface area contributed by atoms with Crippen LogP contribution in [0.4, 0.5) is 10.2 Å². The zero-order valence-corrected chi connectivity index (χ0v) is 20.3. The van der Waals surface area contributed by atoms with Crippen molar-refractivity contribution < 1.29 is 33.1 Å². The van der Waals surface area contributed by atoms with Gasteiger partial charge in [-0.25, -0.2) is 4.39 Å². The number of methoxy groups -OCH3 is 1. The van der Waals surface area contributed by atoms with Crippen LogP contribution in [-0.4, -0.2) is 35.7 Å². The zero-order valence-electron chi connectivity index (χ0n) is 20.3. The Morgan fingerprint density at radius 1 is 1.11 bits per heavy atom. The summed E-state index contributed by atoms with van der Waals surface area (Å²) in [7, 11) is 1.49. The van der Waals surface area contributed by atoms with Crippen LogP contribution in [0.1, 0.15) is 49.1 Å². The maximum absolute atomic E-state index is 13.5. The van der Waals surface area contributed by atoms with E-state index in [9.17, 15) is 19.1 Å². The molecule has 1 fully saturated rings. The molecular weight excluding hydrogens is 467 g/mol. The van der Waals surface area contributed by atoms with Crippen molar-refractivity contribution in [1.82, 2.24) is 5.16 Å². The lowest BCUT2D eigenvalue weighted by atomic mass is 9.95. The minimum Gasteiger partial charge on any atom is -0.507 e. The smallest absolute Gasteiger partial charge is 0.301 e. The van der Waals surface area contributed by atoms with Crippen LogP contribution in [0.15, 0.2) is 58.6 Å². The number of aromatic nitrogens is 1. The molecule has 2 heterocycles.